The van der Waals surface area contributed by atoms with E-state index in [2.05, 4.69) is 5.32 Å². The molecule has 6 rings (SSSR count). The molecule has 0 radical (unpaired) electrons. The van der Waals surface area contributed by atoms with Crippen molar-refractivity contribution in [2.24, 2.45) is 23.7 Å². The standard InChI is InChI=1S/C45H58N4O13S/c1-11-59-44(57)49-18-16-48(17-19-49)43-47-32-29-30-36(53)26(7)39-31(29)41(55)45(9,62-39)60-20-15-28(58-10)23(4)38(61-27(8)50)25(6)35(52)24(5)34(51)21(2)13-12-14-22(3)42(56)46-33(37(30)54)40(32)63-43/h12-15,20-21,23-25,28,34-35,38,51-54H,11,16-19H2,1-10H3,(H,46,56)/b13-12+,20-15+,22-14-/t21-,23+,24+,25+,28-,34-,35+,38+,45-/m0/s1. The fraction of sp³-hybridized carbons (Fsp3) is 0.533. The molecule has 342 valence electrons. The van der Waals surface area contributed by atoms with Crippen molar-refractivity contribution in [1.82, 2.24) is 9.88 Å². The van der Waals surface area contributed by atoms with Gasteiger partial charge in [0, 0.05) is 87.3 Å². The highest BCUT2D eigenvalue weighted by atomic mass is 32.1. The number of esters is 1. The van der Waals surface area contributed by atoms with E-state index in [1.165, 1.54) is 40.2 Å². The van der Waals surface area contributed by atoms with Crippen molar-refractivity contribution in [3.63, 3.8) is 0 Å². The quantitative estimate of drug-likeness (QED) is 0.151. The number of aromatic nitrogens is 1. The van der Waals surface area contributed by atoms with E-state index in [4.69, 9.17) is 28.7 Å². The van der Waals surface area contributed by atoms with Gasteiger partial charge in [-0.2, -0.15) is 0 Å². The van der Waals surface area contributed by atoms with Crippen LogP contribution in [0.5, 0.6) is 17.2 Å². The van der Waals surface area contributed by atoms with Gasteiger partial charge in [-0.1, -0.05) is 57.3 Å². The third-order valence-electron chi connectivity index (χ3n) is 12.4. The molecule has 63 heavy (non-hydrogen) atoms. The number of ketones is 1. The van der Waals surface area contributed by atoms with Gasteiger partial charge in [0.15, 0.2) is 10.9 Å². The summed E-state index contributed by atoms with van der Waals surface area (Å²) in [5.41, 5.74) is 0.494. The number of carbonyl (C=O) groups excluding carboxylic acids is 4. The number of amides is 2. The van der Waals surface area contributed by atoms with Crippen LogP contribution in [-0.4, -0.2) is 124 Å². The van der Waals surface area contributed by atoms with Gasteiger partial charge in [0.1, 0.15) is 23.3 Å². The van der Waals surface area contributed by atoms with Crippen LogP contribution in [0.3, 0.4) is 0 Å². The molecule has 3 aromatic rings. The van der Waals surface area contributed by atoms with Gasteiger partial charge in [0.25, 0.3) is 11.7 Å². The van der Waals surface area contributed by atoms with E-state index in [1.807, 2.05) is 4.90 Å². The minimum atomic E-state index is -1.99. The summed E-state index contributed by atoms with van der Waals surface area (Å²) >= 11 is 1.15. The van der Waals surface area contributed by atoms with Crippen molar-refractivity contribution >= 4 is 66.9 Å². The van der Waals surface area contributed by atoms with E-state index in [-0.39, 0.29) is 51.0 Å². The largest absolute Gasteiger partial charge is 0.507 e. The maximum Gasteiger partial charge on any atom is 0.409 e. The van der Waals surface area contributed by atoms with Gasteiger partial charge in [-0.05, 0) is 26.8 Å². The zero-order valence-corrected chi connectivity index (χ0v) is 38.1. The van der Waals surface area contributed by atoms with E-state index < -0.39 is 89.1 Å². The van der Waals surface area contributed by atoms with Crippen molar-refractivity contribution in [3.8, 4) is 17.2 Å². The van der Waals surface area contributed by atoms with Gasteiger partial charge in [0.05, 0.1) is 52.3 Å². The lowest BCUT2D eigenvalue weighted by molar-refractivity contribution is -0.160. The number of aliphatic hydroxyl groups excluding tert-OH is 2. The van der Waals surface area contributed by atoms with Crippen molar-refractivity contribution in [2.45, 2.75) is 92.5 Å². The SMILES string of the molecule is CCOC(=O)N1CCN(c2nc3c(s2)c2c(O)c4c(O)c(C)c5c(c43)C(=O)[C@@](C)(O/C=C/[C@H](OC)[C@@H](C)[C@@H](OC(C)=O)[C@H](C)[C@H](O)[C@H](C)[C@@H](O)[C@@H](C)/C=C/C=C(/C)C(=O)N2)O5)CC1. The minimum absolute atomic E-state index is 0.00570. The first kappa shape index (κ1) is 47.1. The molecule has 1 aromatic heterocycles. The summed E-state index contributed by atoms with van der Waals surface area (Å²) in [4.78, 5) is 62.0. The first-order valence-corrected chi connectivity index (χ1v) is 21.9. The van der Waals surface area contributed by atoms with Gasteiger partial charge in [-0.15, -0.1) is 0 Å². The van der Waals surface area contributed by atoms with Crippen molar-refractivity contribution in [2.75, 3.05) is 50.1 Å². The third kappa shape index (κ3) is 8.90. The number of piperazine rings is 1. The summed E-state index contributed by atoms with van der Waals surface area (Å²) in [6.45, 7) is 16.2. The molecule has 17 nitrogen and oxygen atoms in total. The smallest absolute Gasteiger partial charge is 0.409 e. The van der Waals surface area contributed by atoms with Crippen molar-refractivity contribution in [1.29, 1.82) is 0 Å². The molecule has 1 fully saturated rings. The molecular weight excluding hydrogens is 837 g/mol. The molecule has 4 heterocycles. The topological polar surface area (TPSA) is 227 Å². The predicted molar refractivity (Wildman–Crippen MR) is 236 cm³/mol. The second-order valence-electron chi connectivity index (χ2n) is 16.7. The number of aliphatic hydroxyl groups is 2. The average molecular weight is 895 g/mol. The Morgan fingerprint density at radius 2 is 1.67 bits per heavy atom. The molecule has 3 aliphatic rings. The summed E-state index contributed by atoms with van der Waals surface area (Å²) in [6, 6.07) is 0. The number of ether oxygens (including phenoxy) is 5. The number of hydrogen-bond acceptors (Lipinski definition) is 16. The lowest BCUT2D eigenvalue weighted by atomic mass is 9.78. The van der Waals surface area contributed by atoms with Crippen molar-refractivity contribution < 1.29 is 63.3 Å². The second-order valence-corrected chi connectivity index (χ2v) is 17.7. The molecule has 2 amide bonds. The number of methoxy groups -OCH3 is 1. The van der Waals surface area contributed by atoms with Crippen LogP contribution in [0, 0.1) is 30.6 Å². The number of carbonyl (C=O) groups is 4. The van der Waals surface area contributed by atoms with Crippen LogP contribution < -0.4 is 15.0 Å². The van der Waals surface area contributed by atoms with E-state index in [0.29, 0.717) is 36.0 Å². The molecule has 9 atom stereocenters. The number of hydrogen-bond donors (Lipinski definition) is 5. The zero-order chi connectivity index (χ0) is 46.2. The number of phenolic OH excluding ortho intramolecular Hbond substituents is 2. The van der Waals surface area contributed by atoms with Crippen LogP contribution in [0.1, 0.15) is 71.3 Å². The lowest BCUT2D eigenvalue weighted by Gasteiger charge is -2.38. The Morgan fingerprint density at radius 3 is 2.30 bits per heavy atom. The van der Waals surface area contributed by atoms with Crippen LogP contribution >= 0.6 is 11.3 Å². The molecule has 2 aromatic carbocycles. The first-order chi connectivity index (χ1) is 29.8. The number of phenols is 2. The minimum Gasteiger partial charge on any atom is -0.507 e. The van der Waals surface area contributed by atoms with Gasteiger partial charge >= 0.3 is 17.8 Å². The molecule has 0 unspecified atom stereocenters. The summed E-state index contributed by atoms with van der Waals surface area (Å²) in [6.07, 6.45) is 3.34. The summed E-state index contributed by atoms with van der Waals surface area (Å²) in [7, 11) is 1.45. The highest BCUT2D eigenvalue weighted by Crippen LogP contribution is 2.55. The Labute approximate surface area is 369 Å². The van der Waals surface area contributed by atoms with Crippen LogP contribution in [0.25, 0.3) is 21.0 Å². The number of benzene rings is 2. The van der Waals surface area contributed by atoms with Crippen LogP contribution in [0.4, 0.5) is 15.6 Å². The number of nitrogens with one attached hydrogen (secondary N) is 1. The van der Waals surface area contributed by atoms with Crippen LogP contribution in [0.15, 0.2) is 36.1 Å². The molecule has 18 heteroatoms. The molecule has 3 aliphatic heterocycles. The Morgan fingerprint density at radius 1 is 0.984 bits per heavy atom. The van der Waals surface area contributed by atoms with E-state index in [1.54, 1.807) is 64.7 Å². The highest BCUT2D eigenvalue weighted by molar-refractivity contribution is 7.23. The van der Waals surface area contributed by atoms with Crippen LogP contribution in [0.2, 0.25) is 0 Å². The number of allylic oxidation sites excluding steroid dienone is 2. The number of aromatic hydroxyl groups is 2. The Kier molecular flexibility index (Phi) is 14.0. The average Bonchev–Trinajstić information content (AvgIpc) is 3.81. The summed E-state index contributed by atoms with van der Waals surface area (Å²) < 4.78 is 29.4. The number of Topliss-reactive ketones (excluding diaryl/α,β-unsaturated/α-hetero) is 1. The fourth-order valence-electron chi connectivity index (χ4n) is 8.54. The van der Waals surface area contributed by atoms with Gasteiger partial charge in [-0.25, -0.2) is 9.78 Å². The Balaban J connectivity index is 1.52. The number of fused-ring (bicyclic) bond motifs is 1. The van der Waals surface area contributed by atoms with Gasteiger partial charge in [0.2, 0.25) is 0 Å². The normalized spacial score (nSPS) is 30.4. The monoisotopic (exact) mass is 894 g/mol. The van der Waals surface area contributed by atoms with Crippen molar-refractivity contribution in [3.05, 3.63) is 47.3 Å². The first-order valence-electron chi connectivity index (χ1n) is 21.1. The van der Waals surface area contributed by atoms with Gasteiger partial charge in [-0.3, -0.25) is 14.4 Å². The number of thiazole rings is 1. The molecule has 5 N–H and O–H groups in total. The molecule has 0 saturated carbocycles. The third-order valence-corrected chi connectivity index (χ3v) is 13.6. The number of nitrogens with zero attached hydrogens (tertiary/aromatic N) is 3. The second kappa shape index (κ2) is 18.7. The highest BCUT2D eigenvalue weighted by Gasteiger charge is 2.50. The van der Waals surface area contributed by atoms with E-state index in [9.17, 15) is 39.6 Å². The van der Waals surface area contributed by atoms with Crippen LogP contribution in [-0.2, 0) is 28.5 Å². The fourth-order valence-corrected chi connectivity index (χ4v) is 9.67. The summed E-state index contributed by atoms with van der Waals surface area (Å²) in [5.74, 6) is -7.18. The molecule has 0 aliphatic carbocycles. The van der Waals surface area contributed by atoms with Gasteiger partial charge < -0.3 is 59.2 Å². The molecule has 1 saturated heterocycles. The maximum atomic E-state index is 14.7. The summed E-state index contributed by atoms with van der Waals surface area (Å²) in [5, 5.41) is 50.1. The predicted octanol–water partition coefficient (Wildman–Crippen LogP) is 5.94. The Hall–Kier alpha value is -5.43. The van der Waals surface area contributed by atoms with E-state index >= 15 is 0 Å². The van der Waals surface area contributed by atoms with E-state index in [0.717, 1.165) is 11.3 Å². The zero-order valence-electron chi connectivity index (χ0n) is 37.3. The lowest BCUT2D eigenvalue weighted by Crippen LogP contribution is -2.48. The number of anilines is 2. The number of rotatable bonds is 4. The molecule has 0 spiro atoms. The maximum absolute atomic E-state index is 14.7. The molecular formula is C45H58N4O13S. The molecule has 4 bridgehead atoms. The Bertz CT molecular complexity index is 2370.